The molecule has 0 radical (unpaired) electrons. The van der Waals surface area contributed by atoms with Crippen LogP contribution in [0.3, 0.4) is 0 Å². The first-order chi connectivity index (χ1) is 6.71. The molecule has 92 valence electrons. The highest BCUT2D eigenvalue weighted by atomic mass is 16.6. The van der Waals surface area contributed by atoms with Gasteiger partial charge in [0.1, 0.15) is 0 Å². The van der Waals surface area contributed by atoms with Crippen molar-refractivity contribution in [1.82, 2.24) is 0 Å². The molecule has 0 aliphatic rings. The highest BCUT2D eigenvalue weighted by Crippen LogP contribution is 2.23. The van der Waals surface area contributed by atoms with Crippen molar-refractivity contribution in [2.45, 2.75) is 66.1 Å². The van der Waals surface area contributed by atoms with Crippen LogP contribution in [0.4, 0.5) is 0 Å². The molecular weight excluding hydrogens is 188 g/mol. The van der Waals surface area contributed by atoms with Crippen LogP contribution < -0.4 is 0 Å². The van der Waals surface area contributed by atoms with Gasteiger partial charge in [-0.15, -0.1) is 0 Å². The monoisotopic (exact) mass is 216 g/mol. The van der Waals surface area contributed by atoms with E-state index < -0.39 is 0 Å². The van der Waals surface area contributed by atoms with Gasteiger partial charge in [-0.2, -0.15) is 0 Å². The summed E-state index contributed by atoms with van der Waals surface area (Å²) in [6.07, 6.45) is 1.05. The smallest absolute Gasteiger partial charge is 0.0859 e. The maximum Gasteiger partial charge on any atom is 0.0859 e. The average molecular weight is 216 g/mol. The van der Waals surface area contributed by atoms with Gasteiger partial charge in [0, 0.05) is 6.61 Å². The van der Waals surface area contributed by atoms with Gasteiger partial charge in [0.2, 0.25) is 0 Å². The zero-order valence-corrected chi connectivity index (χ0v) is 11.5. The number of hydrogen-bond donors (Lipinski definition) is 0. The molecule has 15 heavy (non-hydrogen) atoms. The maximum atomic E-state index is 5.93. The van der Waals surface area contributed by atoms with Crippen LogP contribution in [0, 0.1) is 5.92 Å². The predicted octanol–water partition coefficient (Wildman–Crippen LogP) is 3.64. The van der Waals surface area contributed by atoms with Gasteiger partial charge in [0.05, 0.1) is 17.8 Å². The minimum Gasteiger partial charge on any atom is -0.373 e. The average Bonchev–Trinajstić information content (AvgIpc) is 2.12. The molecule has 0 bridgehead atoms. The Labute approximate surface area is 95.3 Å². The van der Waals surface area contributed by atoms with E-state index in [2.05, 4.69) is 48.5 Å². The van der Waals surface area contributed by atoms with E-state index in [1.165, 1.54) is 0 Å². The van der Waals surface area contributed by atoms with Crippen LogP contribution in [0.15, 0.2) is 0 Å². The van der Waals surface area contributed by atoms with Gasteiger partial charge < -0.3 is 9.47 Å². The Hall–Kier alpha value is -0.0800. The second kappa shape index (κ2) is 5.86. The molecule has 0 N–H and O–H groups in total. The molecule has 0 atom stereocenters. The van der Waals surface area contributed by atoms with E-state index in [9.17, 15) is 0 Å². The largest absolute Gasteiger partial charge is 0.373 e. The Balaban J connectivity index is 4.02. The summed E-state index contributed by atoms with van der Waals surface area (Å²) in [5.41, 5.74) is -0.255. The molecule has 0 aromatic rings. The lowest BCUT2D eigenvalue weighted by atomic mass is 9.94. The van der Waals surface area contributed by atoms with E-state index in [4.69, 9.17) is 9.47 Å². The topological polar surface area (TPSA) is 18.5 Å². The third kappa shape index (κ3) is 6.16. The first-order valence-corrected chi connectivity index (χ1v) is 5.99. The SMILES string of the molecule is CCCOC(C)(C)COC(C)(C)C(C)C. The summed E-state index contributed by atoms with van der Waals surface area (Å²) in [5, 5.41) is 0. The summed E-state index contributed by atoms with van der Waals surface area (Å²) in [5.74, 6) is 0.513. The molecule has 0 aliphatic carbocycles. The fourth-order valence-electron chi connectivity index (χ4n) is 0.946. The van der Waals surface area contributed by atoms with Gasteiger partial charge in [-0.1, -0.05) is 20.8 Å². The minimum absolute atomic E-state index is 0.0765. The fourth-order valence-corrected chi connectivity index (χ4v) is 0.946. The molecule has 0 heterocycles. The van der Waals surface area contributed by atoms with Gasteiger partial charge in [0.15, 0.2) is 0 Å². The molecule has 0 unspecified atom stereocenters. The molecule has 0 spiro atoms. The fraction of sp³-hybridized carbons (Fsp3) is 1.00. The molecule has 0 aromatic heterocycles. The molecule has 2 nitrogen and oxygen atoms in total. The van der Waals surface area contributed by atoms with Crippen LogP contribution in [-0.4, -0.2) is 24.4 Å². The quantitative estimate of drug-likeness (QED) is 0.647. The van der Waals surface area contributed by atoms with Crippen LogP contribution in [0.1, 0.15) is 54.9 Å². The Morgan fingerprint density at radius 2 is 1.53 bits per heavy atom. The maximum absolute atomic E-state index is 5.93. The van der Waals surface area contributed by atoms with Crippen LogP contribution in [-0.2, 0) is 9.47 Å². The first-order valence-electron chi connectivity index (χ1n) is 5.99. The number of hydrogen-bond acceptors (Lipinski definition) is 2. The highest BCUT2D eigenvalue weighted by molar-refractivity contribution is 4.76. The summed E-state index contributed by atoms with van der Waals surface area (Å²) in [6.45, 7) is 16.4. The molecule has 0 saturated carbocycles. The van der Waals surface area contributed by atoms with Crippen molar-refractivity contribution < 1.29 is 9.47 Å². The third-order valence-corrected chi connectivity index (χ3v) is 2.88. The third-order valence-electron chi connectivity index (χ3n) is 2.88. The lowest BCUT2D eigenvalue weighted by molar-refractivity contribution is -0.133. The van der Waals surface area contributed by atoms with Crippen molar-refractivity contribution in [1.29, 1.82) is 0 Å². The molecule has 0 saturated heterocycles. The summed E-state index contributed by atoms with van der Waals surface area (Å²) in [6, 6.07) is 0. The molecule has 0 aliphatic heterocycles. The van der Waals surface area contributed by atoms with Gasteiger partial charge in [-0.25, -0.2) is 0 Å². The molecule has 2 heteroatoms. The minimum atomic E-state index is -0.178. The van der Waals surface area contributed by atoms with E-state index in [0.29, 0.717) is 12.5 Å². The molecular formula is C13H28O2. The van der Waals surface area contributed by atoms with Crippen molar-refractivity contribution in [3.63, 3.8) is 0 Å². The van der Waals surface area contributed by atoms with E-state index >= 15 is 0 Å². The highest BCUT2D eigenvalue weighted by Gasteiger charge is 2.27. The van der Waals surface area contributed by atoms with Crippen LogP contribution >= 0.6 is 0 Å². The van der Waals surface area contributed by atoms with Crippen molar-refractivity contribution in [2.75, 3.05) is 13.2 Å². The zero-order valence-electron chi connectivity index (χ0n) is 11.5. The molecule has 0 amide bonds. The van der Waals surface area contributed by atoms with Crippen LogP contribution in [0.5, 0.6) is 0 Å². The van der Waals surface area contributed by atoms with Gasteiger partial charge >= 0.3 is 0 Å². The summed E-state index contributed by atoms with van der Waals surface area (Å²) < 4.78 is 11.7. The summed E-state index contributed by atoms with van der Waals surface area (Å²) in [7, 11) is 0. The Bertz CT molecular complexity index is 171. The van der Waals surface area contributed by atoms with Crippen molar-refractivity contribution >= 4 is 0 Å². The molecule has 0 rings (SSSR count). The van der Waals surface area contributed by atoms with E-state index in [1.807, 2.05) is 0 Å². The van der Waals surface area contributed by atoms with Crippen molar-refractivity contribution in [2.24, 2.45) is 5.92 Å². The standard InChI is InChI=1S/C13H28O2/c1-8-9-14-12(4,5)10-15-13(6,7)11(2)3/h11H,8-10H2,1-7H3. The van der Waals surface area contributed by atoms with Gasteiger partial charge in [-0.05, 0) is 40.0 Å². The van der Waals surface area contributed by atoms with E-state index in [0.717, 1.165) is 13.0 Å². The first kappa shape index (κ1) is 14.9. The number of rotatable bonds is 7. The summed E-state index contributed by atoms with van der Waals surface area (Å²) >= 11 is 0. The lowest BCUT2D eigenvalue weighted by Crippen LogP contribution is -2.39. The zero-order chi connectivity index (χ0) is 12.1. The van der Waals surface area contributed by atoms with E-state index in [-0.39, 0.29) is 11.2 Å². The van der Waals surface area contributed by atoms with Crippen LogP contribution in [0.2, 0.25) is 0 Å². The van der Waals surface area contributed by atoms with Gasteiger partial charge in [-0.3, -0.25) is 0 Å². The van der Waals surface area contributed by atoms with Crippen molar-refractivity contribution in [3.8, 4) is 0 Å². The molecule has 0 fully saturated rings. The van der Waals surface area contributed by atoms with Crippen molar-refractivity contribution in [3.05, 3.63) is 0 Å². The second-order valence-corrected chi connectivity index (χ2v) is 5.65. The molecule has 0 aromatic carbocycles. The number of ether oxygens (including phenoxy) is 2. The van der Waals surface area contributed by atoms with Gasteiger partial charge in [0.25, 0.3) is 0 Å². The lowest BCUT2D eigenvalue weighted by Gasteiger charge is -2.34. The summed E-state index contributed by atoms with van der Waals surface area (Å²) in [4.78, 5) is 0. The Kier molecular flexibility index (Phi) is 5.82. The Morgan fingerprint density at radius 3 is 1.93 bits per heavy atom. The Morgan fingerprint density at radius 1 is 1.00 bits per heavy atom. The van der Waals surface area contributed by atoms with Crippen LogP contribution in [0.25, 0.3) is 0 Å². The predicted molar refractivity (Wildman–Crippen MR) is 65.2 cm³/mol. The normalized spacial score (nSPS) is 13.6. The second-order valence-electron chi connectivity index (χ2n) is 5.65. The van der Waals surface area contributed by atoms with E-state index in [1.54, 1.807) is 0 Å².